The number of ether oxygens (including phenoxy) is 2. The van der Waals surface area contributed by atoms with Crippen LogP contribution < -0.4 is 22.5 Å². The van der Waals surface area contributed by atoms with Crippen molar-refractivity contribution in [1.29, 1.82) is 0 Å². The Morgan fingerprint density at radius 3 is 2.31 bits per heavy atom. The van der Waals surface area contributed by atoms with E-state index in [-0.39, 0.29) is 12.6 Å². The molecule has 1 saturated carbocycles. The van der Waals surface area contributed by atoms with Gasteiger partial charge in [-0.3, -0.25) is 0 Å². The molecule has 0 aromatic carbocycles. The first-order chi connectivity index (χ1) is 12.2. The molecule has 1 aliphatic carbocycles. The molecule has 0 spiro atoms. The monoisotopic (exact) mass is 378 g/mol. The van der Waals surface area contributed by atoms with Crippen molar-refractivity contribution in [1.82, 2.24) is 5.32 Å². The molecule has 0 radical (unpaired) electrons. The molecule has 10 unspecified atom stereocenters. The van der Waals surface area contributed by atoms with Crippen LogP contribution in [0.2, 0.25) is 0 Å². The number of aliphatic hydroxyl groups excluding tert-OH is 4. The fraction of sp³-hybridized carbons (Fsp3) is 1.00. The molecule has 154 valence electrons. The van der Waals surface area contributed by atoms with E-state index in [1.165, 1.54) is 0 Å². The van der Waals surface area contributed by atoms with Gasteiger partial charge in [-0.05, 0) is 18.9 Å². The van der Waals surface area contributed by atoms with Crippen LogP contribution in [0.3, 0.4) is 0 Å². The van der Waals surface area contributed by atoms with Crippen molar-refractivity contribution < 1.29 is 29.9 Å². The summed E-state index contributed by atoms with van der Waals surface area (Å²) in [7, 11) is 0. The molecular formula is C16H34N4O6. The third-order valence-corrected chi connectivity index (χ3v) is 5.11. The van der Waals surface area contributed by atoms with Gasteiger partial charge in [0, 0.05) is 18.6 Å². The molecule has 0 bridgehead atoms. The van der Waals surface area contributed by atoms with Crippen molar-refractivity contribution in [2.45, 2.75) is 81.3 Å². The van der Waals surface area contributed by atoms with E-state index < -0.39 is 55.0 Å². The van der Waals surface area contributed by atoms with Crippen LogP contribution in [0.15, 0.2) is 0 Å². The first kappa shape index (κ1) is 21.9. The molecule has 0 aromatic rings. The van der Waals surface area contributed by atoms with Crippen LogP contribution in [0, 0.1) is 5.92 Å². The minimum atomic E-state index is -1.29. The summed E-state index contributed by atoms with van der Waals surface area (Å²) in [5.41, 5.74) is 17.6. The van der Waals surface area contributed by atoms with E-state index in [1.54, 1.807) is 0 Å². The summed E-state index contributed by atoms with van der Waals surface area (Å²) in [5, 5.41) is 44.0. The SMILES string of the molecule is CC(C)CNC1CC(N)C(OC2OC(CN)C(O)C(O)C2N)C(O)C1O. The van der Waals surface area contributed by atoms with Crippen LogP contribution in [0.4, 0.5) is 0 Å². The minimum absolute atomic E-state index is 0.0338. The third-order valence-electron chi connectivity index (χ3n) is 5.11. The van der Waals surface area contributed by atoms with E-state index in [4.69, 9.17) is 26.7 Å². The standard InChI is InChI=1S/C16H34N4O6/c1-6(2)5-20-8-3-7(18)15(14(24)11(8)21)26-16-10(19)13(23)12(22)9(4-17)25-16/h6-16,20-24H,3-5,17-19H2,1-2H3. The molecule has 2 rings (SSSR count). The zero-order valence-electron chi connectivity index (χ0n) is 15.3. The topological polar surface area (TPSA) is 189 Å². The summed E-state index contributed by atoms with van der Waals surface area (Å²) in [6.07, 6.45) is -7.34. The van der Waals surface area contributed by atoms with E-state index in [0.717, 1.165) is 0 Å². The highest BCUT2D eigenvalue weighted by atomic mass is 16.7. The van der Waals surface area contributed by atoms with Gasteiger partial charge >= 0.3 is 0 Å². The first-order valence-electron chi connectivity index (χ1n) is 9.15. The Balaban J connectivity index is 2.02. The van der Waals surface area contributed by atoms with Gasteiger partial charge in [0.1, 0.15) is 30.5 Å². The van der Waals surface area contributed by atoms with Crippen molar-refractivity contribution in [2.24, 2.45) is 23.1 Å². The van der Waals surface area contributed by atoms with Crippen LogP contribution in [0.1, 0.15) is 20.3 Å². The maximum absolute atomic E-state index is 10.5. The Hall–Kier alpha value is -0.400. The van der Waals surface area contributed by atoms with Gasteiger partial charge in [-0.15, -0.1) is 0 Å². The molecule has 2 aliphatic rings. The summed E-state index contributed by atoms with van der Waals surface area (Å²) < 4.78 is 11.3. The van der Waals surface area contributed by atoms with Gasteiger partial charge in [0.05, 0.1) is 12.1 Å². The van der Waals surface area contributed by atoms with Gasteiger partial charge in [0.2, 0.25) is 0 Å². The van der Waals surface area contributed by atoms with E-state index in [2.05, 4.69) is 5.32 Å². The molecule has 11 N–H and O–H groups in total. The van der Waals surface area contributed by atoms with Gasteiger partial charge in [-0.25, -0.2) is 0 Å². The highest BCUT2D eigenvalue weighted by molar-refractivity contribution is 5.00. The lowest BCUT2D eigenvalue weighted by atomic mass is 9.84. The maximum atomic E-state index is 10.5. The van der Waals surface area contributed by atoms with Gasteiger partial charge in [-0.2, -0.15) is 0 Å². The largest absolute Gasteiger partial charge is 0.389 e. The second kappa shape index (κ2) is 9.20. The molecule has 1 saturated heterocycles. The van der Waals surface area contributed by atoms with E-state index in [9.17, 15) is 20.4 Å². The summed E-state index contributed by atoms with van der Waals surface area (Å²) in [6.45, 7) is 4.74. The molecule has 0 amide bonds. The molecule has 10 atom stereocenters. The second-order valence-corrected chi connectivity index (χ2v) is 7.73. The summed E-state index contributed by atoms with van der Waals surface area (Å²) in [6, 6.07) is -1.97. The van der Waals surface area contributed by atoms with Gasteiger partial charge in [-0.1, -0.05) is 13.8 Å². The Morgan fingerprint density at radius 2 is 1.73 bits per heavy atom. The van der Waals surface area contributed by atoms with Gasteiger partial charge in [0.25, 0.3) is 0 Å². The summed E-state index contributed by atoms with van der Waals surface area (Å²) >= 11 is 0. The number of nitrogens with one attached hydrogen (secondary N) is 1. The van der Waals surface area contributed by atoms with Crippen molar-refractivity contribution >= 4 is 0 Å². The quantitative estimate of drug-likeness (QED) is 0.227. The van der Waals surface area contributed by atoms with E-state index >= 15 is 0 Å². The molecular weight excluding hydrogens is 344 g/mol. The van der Waals surface area contributed by atoms with Gasteiger partial charge in [0.15, 0.2) is 6.29 Å². The highest BCUT2D eigenvalue weighted by Crippen LogP contribution is 2.27. The number of hydrogen-bond donors (Lipinski definition) is 8. The molecule has 26 heavy (non-hydrogen) atoms. The molecule has 2 fully saturated rings. The highest BCUT2D eigenvalue weighted by Gasteiger charge is 2.48. The van der Waals surface area contributed by atoms with E-state index in [1.807, 2.05) is 13.8 Å². The number of nitrogens with two attached hydrogens (primary N) is 3. The summed E-state index contributed by atoms with van der Waals surface area (Å²) in [5.74, 6) is 0.388. The molecule has 1 aliphatic heterocycles. The lowest BCUT2D eigenvalue weighted by Crippen LogP contribution is -2.67. The van der Waals surface area contributed by atoms with E-state index in [0.29, 0.717) is 18.9 Å². The third kappa shape index (κ3) is 4.71. The van der Waals surface area contributed by atoms with Crippen molar-refractivity contribution in [3.63, 3.8) is 0 Å². The Morgan fingerprint density at radius 1 is 1.08 bits per heavy atom. The first-order valence-corrected chi connectivity index (χ1v) is 9.15. The predicted molar refractivity (Wildman–Crippen MR) is 93.8 cm³/mol. The molecule has 10 nitrogen and oxygen atoms in total. The zero-order chi connectivity index (χ0) is 19.6. The van der Waals surface area contributed by atoms with Crippen LogP contribution in [-0.2, 0) is 9.47 Å². The van der Waals surface area contributed by atoms with Crippen molar-refractivity contribution in [3.05, 3.63) is 0 Å². The Bertz CT molecular complexity index is 443. The number of aliphatic hydroxyl groups is 4. The summed E-state index contributed by atoms with van der Waals surface area (Å²) in [4.78, 5) is 0. The van der Waals surface area contributed by atoms with Crippen molar-refractivity contribution in [3.8, 4) is 0 Å². The van der Waals surface area contributed by atoms with Crippen LogP contribution in [0.5, 0.6) is 0 Å². The fourth-order valence-electron chi connectivity index (χ4n) is 3.45. The maximum Gasteiger partial charge on any atom is 0.176 e. The molecule has 1 heterocycles. The average Bonchev–Trinajstić information content (AvgIpc) is 2.60. The lowest BCUT2D eigenvalue weighted by molar-refractivity contribution is -0.288. The number of hydrogen-bond acceptors (Lipinski definition) is 10. The minimum Gasteiger partial charge on any atom is -0.389 e. The van der Waals surface area contributed by atoms with Crippen LogP contribution >= 0.6 is 0 Å². The average molecular weight is 378 g/mol. The second-order valence-electron chi connectivity index (χ2n) is 7.73. The fourth-order valence-corrected chi connectivity index (χ4v) is 3.45. The zero-order valence-corrected chi connectivity index (χ0v) is 15.3. The molecule has 0 aromatic heterocycles. The smallest absolute Gasteiger partial charge is 0.176 e. The number of rotatable bonds is 6. The normalized spacial score (nSPS) is 47.3. The lowest BCUT2D eigenvalue weighted by Gasteiger charge is -2.46. The van der Waals surface area contributed by atoms with Gasteiger partial charge < -0.3 is 52.4 Å². The van der Waals surface area contributed by atoms with Crippen molar-refractivity contribution in [2.75, 3.05) is 13.1 Å². The Labute approximate surface area is 153 Å². The van der Waals surface area contributed by atoms with Crippen LogP contribution in [0.25, 0.3) is 0 Å². The van der Waals surface area contributed by atoms with Crippen LogP contribution in [-0.4, -0.2) is 94.6 Å². The Kier molecular flexibility index (Phi) is 7.74. The molecule has 10 heteroatoms. The predicted octanol–water partition coefficient (Wildman–Crippen LogP) is -3.83.